The summed E-state index contributed by atoms with van der Waals surface area (Å²) in [6.45, 7) is 15.1. The van der Waals surface area contributed by atoms with Gasteiger partial charge in [-0.05, 0) is 45.7 Å². The van der Waals surface area contributed by atoms with Crippen LogP contribution in [0.4, 0.5) is 0 Å². The van der Waals surface area contributed by atoms with Crippen LogP contribution < -0.4 is 10.1 Å². The van der Waals surface area contributed by atoms with Gasteiger partial charge in [-0.2, -0.15) is 0 Å². The summed E-state index contributed by atoms with van der Waals surface area (Å²) in [6.07, 6.45) is 2.73. The van der Waals surface area contributed by atoms with Gasteiger partial charge in [0.15, 0.2) is 0 Å². The fraction of sp³-hybridized carbons (Fsp3) is 0.500. The molecule has 0 saturated carbocycles. The molecule has 1 aromatic rings. The van der Waals surface area contributed by atoms with Crippen molar-refractivity contribution in [1.29, 1.82) is 0 Å². The lowest BCUT2D eigenvalue weighted by molar-refractivity contribution is -0.159. The lowest BCUT2D eigenvalue weighted by Crippen LogP contribution is -2.38. The molecular weight excluding hydrogens is 350 g/mol. The van der Waals surface area contributed by atoms with E-state index in [1.165, 1.54) is 11.1 Å². The van der Waals surface area contributed by atoms with Crippen molar-refractivity contribution in [2.45, 2.75) is 39.7 Å². The van der Waals surface area contributed by atoms with E-state index in [1.807, 2.05) is 12.1 Å². The van der Waals surface area contributed by atoms with Gasteiger partial charge in [0.1, 0.15) is 12.4 Å². The van der Waals surface area contributed by atoms with E-state index in [9.17, 15) is 0 Å². The molecule has 0 spiro atoms. The van der Waals surface area contributed by atoms with Gasteiger partial charge in [-0.3, -0.25) is 0 Å². The molecule has 0 amide bonds. The van der Waals surface area contributed by atoms with Crippen molar-refractivity contribution in [3.05, 3.63) is 42.0 Å². The average Bonchev–Trinajstić information content (AvgIpc) is 2.55. The second kappa shape index (κ2) is 12.9. The molecule has 27 heavy (non-hydrogen) atoms. The number of benzene rings is 1. The van der Waals surface area contributed by atoms with E-state index in [2.05, 4.69) is 51.7 Å². The first-order valence-electron chi connectivity index (χ1n) is 8.69. The molecule has 1 rings (SSSR count). The number of carbonyl (C=O) groups is 2. The highest BCUT2D eigenvalue weighted by atomic mass is 16.5. The third-order valence-corrected chi connectivity index (χ3v) is 3.15. The number of hydrogen-bond donors (Lipinski definition) is 3. The Labute approximate surface area is 161 Å². The minimum atomic E-state index is -1.82. The number of hydrogen-bond acceptors (Lipinski definition) is 5. The Bertz CT molecular complexity index is 595. The van der Waals surface area contributed by atoms with Crippen LogP contribution in [-0.2, 0) is 20.7 Å². The Morgan fingerprint density at radius 2 is 1.78 bits per heavy atom. The van der Waals surface area contributed by atoms with Crippen molar-refractivity contribution in [3.63, 3.8) is 0 Å². The van der Waals surface area contributed by atoms with Gasteiger partial charge >= 0.3 is 11.9 Å². The van der Waals surface area contributed by atoms with E-state index >= 15 is 0 Å². The van der Waals surface area contributed by atoms with Crippen molar-refractivity contribution < 1.29 is 29.3 Å². The van der Waals surface area contributed by atoms with Crippen molar-refractivity contribution >= 4 is 11.9 Å². The van der Waals surface area contributed by atoms with Crippen molar-refractivity contribution in [2.75, 3.05) is 26.4 Å². The minimum Gasteiger partial charge on any atom is -0.491 e. The maximum absolute atomic E-state index is 9.10. The largest absolute Gasteiger partial charge is 0.491 e. The number of nitrogens with one attached hydrogen (secondary N) is 1. The zero-order valence-electron chi connectivity index (χ0n) is 16.6. The van der Waals surface area contributed by atoms with E-state index in [-0.39, 0.29) is 5.54 Å². The van der Waals surface area contributed by atoms with Crippen LogP contribution in [-0.4, -0.2) is 54.1 Å². The molecular formula is C20H31NO6. The second-order valence-corrected chi connectivity index (χ2v) is 6.85. The molecule has 0 aliphatic carbocycles. The Balaban J connectivity index is 0.000000972. The van der Waals surface area contributed by atoms with E-state index in [4.69, 9.17) is 29.3 Å². The Morgan fingerprint density at radius 3 is 2.30 bits per heavy atom. The van der Waals surface area contributed by atoms with Gasteiger partial charge in [0.25, 0.3) is 0 Å². The Hall–Kier alpha value is -2.38. The van der Waals surface area contributed by atoms with Crippen LogP contribution >= 0.6 is 0 Å². The van der Waals surface area contributed by atoms with Gasteiger partial charge in [0.05, 0.1) is 13.2 Å². The smallest absolute Gasteiger partial charge is 0.414 e. The molecule has 3 N–H and O–H groups in total. The van der Waals surface area contributed by atoms with Gasteiger partial charge in [-0.1, -0.05) is 23.8 Å². The predicted octanol–water partition coefficient (Wildman–Crippen LogP) is 2.66. The van der Waals surface area contributed by atoms with Gasteiger partial charge in [0.2, 0.25) is 0 Å². The molecule has 0 aromatic heterocycles. The molecule has 7 nitrogen and oxygen atoms in total. The lowest BCUT2D eigenvalue weighted by Gasteiger charge is -2.20. The van der Waals surface area contributed by atoms with Crippen LogP contribution in [0.15, 0.2) is 30.9 Å². The monoisotopic (exact) mass is 381 g/mol. The molecule has 0 aliphatic rings. The number of aryl methyl sites for hydroxylation is 1. The standard InChI is InChI=1S/C18H29NO2.C2H2O4/c1-6-7-16-14-15(2)8-9-17(16)21-13-12-20-11-10-19-18(3,4)5;3-1(4)2(5)6/h6,8-9,14,19H,1,7,10-13H2,2-5H3;(H,3,4)(H,5,6). The first-order valence-corrected chi connectivity index (χ1v) is 8.69. The van der Waals surface area contributed by atoms with E-state index < -0.39 is 11.9 Å². The van der Waals surface area contributed by atoms with Crippen LogP contribution in [0, 0.1) is 6.92 Å². The maximum Gasteiger partial charge on any atom is 0.414 e. The average molecular weight is 381 g/mol. The third-order valence-electron chi connectivity index (χ3n) is 3.15. The highest BCUT2D eigenvalue weighted by Crippen LogP contribution is 2.20. The van der Waals surface area contributed by atoms with Crippen molar-refractivity contribution in [3.8, 4) is 5.75 Å². The minimum absolute atomic E-state index is 0.140. The summed E-state index contributed by atoms with van der Waals surface area (Å²) in [5, 5.41) is 18.2. The lowest BCUT2D eigenvalue weighted by atomic mass is 10.1. The molecule has 0 radical (unpaired) electrons. The highest BCUT2D eigenvalue weighted by Gasteiger charge is 2.07. The van der Waals surface area contributed by atoms with Gasteiger partial charge < -0.3 is 25.0 Å². The molecule has 7 heteroatoms. The van der Waals surface area contributed by atoms with E-state index in [0.29, 0.717) is 19.8 Å². The third kappa shape index (κ3) is 13.5. The first-order chi connectivity index (χ1) is 12.6. The molecule has 152 valence electrons. The zero-order valence-corrected chi connectivity index (χ0v) is 16.6. The van der Waals surface area contributed by atoms with Crippen LogP contribution in [0.1, 0.15) is 31.9 Å². The molecule has 0 atom stereocenters. The first kappa shape index (κ1) is 24.6. The summed E-state index contributed by atoms with van der Waals surface area (Å²) >= 11 is 0. The topological polar surface area (TPSA) is 105 Å². The zero-order chi connectivity index (χ0) is 20.9. The van der Waals surface area contributed by atoms with E-state index in [1.54, 1.807) is 0 Å². The SMILES string of the molecule is C=CCc1cc(C)ccc1OCCOCCNC(C)(C)C.O=C(O)C(=O)O. The number of carboxylic acid groups (broad SMARTS) is 2. The van der Waals surface area contributed by atoms with Crippen molar-refractivity contribution in [2.24, 2.45) is 0 Å². The Morgan fingerprint density at radius 1 is 1.15 bits per heavy atom. The molecule has 0 fully saturated rings. The number of allylic oxidation sites excluding steroid dienone is 1. The summed E-state index contributed by atoms with van der Waals surface area (Å²) in [5.41, 5.74) is 2.56. The number of carboxylic acids is 2. The number of rotatable bonds is 9. The molecule has 1 aromatic carbocycles. The molecule has 0 heterocycles. The second-order valence-electron chi connectivity index (χ2n) is 6.85. The molecule has 0 bridgehead atoms. The van der Waals surface area contributed by atoms with Gasteiger partial charge in [-0.25, -0.2) is 9.59 Å². The van der Waals surface area contributed by atoms with Crippen LogP contribution in [0.3, 0.4) is 0 Å². The number of ether oxygens (including phenoxy) is 2. The molecule has 0 saturated heterocycles. The summed E-state index contributed by atoms with van der Waals surface area (Å²) in [5.74, 6) is -2.72. The fourth-order valence-corrected chi connectivity index (χ4v) is 1.97. The van der Waals surface area contributed by atoms with Crippen LogP contribution in [0.25, 0.3) is 0 Å². The normalized spacial score (nSPS) is 10.5. The fourth-order valence-electron chi connectivity index (χ4n) is 1.97. The summed E-state index contributed by atoms with van der Waals surface area (Å²) in [4.78, 5) is 18.2. The van der Waals surface area contributed by atoms with Gasteiger partial charge in [0, 0.05) is 12.1 Å². The molecule has 0 unspecified atom stereocenters. The number of aliphatic carboxylic acids is 2. The maximum atomic E-state index is 9.10. The van der Waals surface area contributed by atoms with Crippen molar-refractivity contribution in [1.82, 2.24) is 5.32 Å². The van der Waals surface area contributed by atoms with Crippen LogP contribution in [0.2, 0.25) is 0 Å². The van der Waals surface area contributed by atoms with E-state index in [0.717, 1.165) is 18.7 Å². The summed E-state index contributed by atoms with van der Waals surface area (Å²) < 4.78 is 11.4. The Kier molecular flexibility index (Phi) is 11.8. The van der Waals surface area contributed by atoms with Crippen LogP contribution in [0.5, 0.6) is 5.75 Å². The predicted molar refractivity (Wildman–Crippen MR) is 104 cm³/mol. The highest BCUT2D eigenvalue weighted by molar-refractivity contribution is 6.27. The molecule has 0 aliphatic heterocycles. The summed E-state index contributed by atoms with van der Waals surface area (Å²) in [7, 11) is 0. The van der Waals surface area contributed by atoms with Gasteiger partial charge in [-0.15, -0.1) is 6.58 Å². The summed E-state index contributed by atoms with van der Waals surface area (Å²) in [6, 6.07) is 6.23. The quantitative estimate of drug-likeness (QED) is 0.343.